The van der Waals surface area contributed by atoms with Gasteiger partial charge < -0.3 is 14.3 Å². The maximum atomic E-state index is 12.4. The Balaban J connectivity index is 1.24. The molecule has 7 nitrogen and oxygen atoms in total. The topological polar surface area (TPSA) is 65.7 Å². The van der Waals surface area contributed by atoms with Crippen LogP contribution in [0.3, 0.4) is 0 Å². The molecule has 29 heavy (non-hydrogen) atoms. The first-order chi connectivity index (χ1) is 14.2. The molecule has 0 aliphatic carbocycles. The fourth-order valence-corrected chi connectivity index (χ4v) is 4.19. The van der Waals surface area contributed by atoms with Crippen molar-refractivity contribution >= 4 is 5.91 Å². The molecule has 0 saturated carbocycles. The van der Waals surface area contributed by atoms with E-state index in [-0.39, 0.29) is 6.04 Å². The second-order valence-corrected chi connectivity index (χ2v) is 8.07. The van der Waals surface area contributed by atoms with Gasteiger partial charge in [-0.25, -0.2) is 0 Å². The molecule has 4 rings (SSSR count). The first-order valence-corrected chi connectivity index (χ1v) is 10.8. The number of carbonyl (C=O) groups excluding carboxylic acids is 1. The molecule has 7 heteroatoms. The molecule has 0 bridgehead atoms. The lowest BCUT2D eigenvalue weighted by Gasteiger charge is -2.37. The van der Waals surface area contributed by atoms with E-state index in [0.717, 1.165) is 64.2 Å². The minimum atomic E-state index is 0.0945. The summed E-state index contributed by atoms with van der Waals surface area (Å²) in [6.45, 7) is 8.70. The van der Waals surface area contributed by atoms with Crippen molar-refractivity contribution in [2.75, 3.05) is 45.8 Å². The van der Waals surface area contributed by atoms with E-state index in [1.807, 2.05) is 35.2 Å². The van der Waals surface area contributed by atoms with Crippen molar-refractivity contribution in [2.24, 2.45) is 0 Å². The number of benzene rings is 1. The van der Waals surface area contributed by atoms with Crippen LogP contribution < -0.4 is 0 Å². The van der Waals surface area contributed by atoms with Crippen molar-refractivity contribution in [1.82, 2.24) is 24.8 Å². The van der Waals surface area contributed by atoms with Crippen LogP contribution in [0.15, 0.2) is 34.9 Å². The average molecular weight is 398 g/mol. The molecule has 0 radical (unpaired) electrons. The van der Waals surface area contributed by atoms with E-state index >= 15 is 0 Å². The average Bonchev–Trinajstić information content (AvgIpc) is 3.29. The van der Waals surface area contributed by atoms with E-state index in [4.69, 9.17) is 4.52 Å². The Morgan fingerprint density at radius 2 is 1.76 bits per heavy atom. The molecule has 1 atom stereocenters. The molecule has 2 aliphatic rings. The van der Waals surface area contributed by atoms with Gasteiger partial charge in [0.15, 0.2) is 0 Å². The third-order valence-corrected chi connectivity index (χ3v) is 6.14. The summed E-state index contributed by atoms with van der Waals surface area (Å²) in [5, 5.41) is 4.15. The van der Waals surface area contributed by atoms with Crippen LogP contribution in [-0.2, 0) is 4.79 Å². The molecule has 1 aromatic heterocycles. The molecule has 0 N–H and O–H groups in total. The summed E-state index contributed by atoms with van der Waals surface area (Å²) >= 11 is 0. The van der Waals surface area contributed by atoms with Crippen LogP contribution >= 0.6 is 0 Å². The van der Waals surface area contributed by atoms with Gasteiger partial charge in [0, 0.05) is 57.8 Å². The predicted molar refractivity (Wildman–Crippen MR) is 111 cm³/mol. The van der Waals surface area contributed by atoms with Crippen LogP contribution in [0.25, 0.3) is 11.4 Å². The highest BCUT2D eigenvalue weighted by Crippen LogP contribution is 2.23. The molecule has 2 aliphatic heterocycles. The monoisotopic (exact) mass is 397 g/mol. The van der Waals surface area contributed by atoms with Crippen LogP contribution in [0.2, 0.25) is 0 Å². The SMILES string of the molecule is CC(c1nc(-c2ccccc2)no1)N1CCN(CCC(=O)N2CCCCC2)CC1. The zero-order valence-corrected chi connectivity index (χ0v) is 17.3. The number of aromatic nitrogens is 2. The summed E-state index contributed by atoms with van der Waals surface area (Å²) in [7, 11) is 0. The van der Waals surface area contributed by atoms with Crippen LogP contribution in [0, 0.1) is 0 Å². The van der Waals surface area contributed by atoms with Crippen LogP contribution in [0.4, 0.5) is 0 Å². The fraction of sp³-hybridized carbons (Fsp3) is 0.591. The van der Waals surface area contributed by atoms with Gasteiger partial charge in [0.1, 0.15) is 0 Å². The zero-order valence-electron chi connectivity index (χ0n) is 17.3. The van der Waals surface area contributed by atoms with Gasteiger partial charge in [0.2, 0.25) is 17.6 Å². The van der Waals surface area contributed by atoms with Crippen LogP contribution in [0.5, 0.6) is 0 Å². The lowest BCUT2D eigenvalue weighted by Crippen LogP contribution is -2.48. The van der Waals surface area contributed by atoms with Gasteiger partial charge in [-0.2, -0.15) is 4.98 Å². The summed E-state index contributed by atoms with van der Waals surface area (Å²) in [6, 6.07) is 10.0. The molecular formula is C22H31N5O2. The summed E-state index contributed by atoms with van der Waals surface area (Å²) in [6.07, 6.45) is 4.21. The maximum Gasteiger partial charge on any atom is 0.244 e. The quantitative estimate of drug-likeness (QED) is 0.747. The number of nitrogens with zero attached hydrogens (tertiary/aromatic N) is 5. The molecule has 0 spiro atoms. The van der Waals surface area contributed by atoms with Crippen molar-refractivity contribution in [3.8, 4) is 11.4 Å². The van der Waals surface area contributed by atoms with E-state index in [2.05, 4.69) is 26.9 Å². The summed E-state index contributed by atoms with van der Waals surface area (Å²) in [5.74, 6) is 1.62. The smallest absolute Gasteiger partial charge is 0.244 e. The Hall–Kier alpha value is -2.25. The Labute approximate surface area is 172 Å². The Kier molecular flexibility index (Phi) is 6.56. The normalized spacial score (nSPS) is 20.0. The minimum absolute atomic E-state index is 0.0945. The van der Waals surface area contributed by atoms with Gasteiger partial charge in [-0.1, -0.05) is 35.5 Å². The molecule has 1 unspecified atom stereocenters. The maximum absolute atomic E-state index is 12.4. The van der Waals surface area contributed by atoms with Crippen molar-refractivity contribution < 1.29 is 9.32 Å². The lowest BCUT2D eigenvalue weighted by molar-refractivity contribution is -0.132. The Morgan fingerprint density at radius 3 is 2.48 bits per heavy atom. The summed E-state index contributed by atoms with van der Waals surface area (Å²) in [5.41, 5.74) is 0.970. The Morgan fingerprint density at radius 1 is 1.03 bits per heavy atom. The standard InChI is InChI=1S/C22H31N5O2/c1-18(22-23-21(24-29-22)19-8-4-2-5-9-19)26-16-14-25(15-17-26)13-10-20(28)27-11-6-3-7-12-27/h2,4-5,8-9,18H,3,6-7,10-17H2,1H3. The largest absolute Gasteiger partial charge is 0.343 e. The number of hydrogen-bond donors (Lipinski definition) is 0. The molecule has 1 amide bonds. The van der Waals surface area contributed by atoms with E-state index in [0.29, 0.717) is 24.0 Å². The lowest BCUT2D eigenvalue weighted by atomic mass is 10.1. The number of piperazine rings is 1. The summed E-state index contributed by atoms with van der Waals surface area (Å²) < 4.78 is 5.54. The minimum Gasteiger partial charge on any atom is -0.343 e. The second-order valence-electron chi connectivity index (χ2n) is 8.07. The number of likely N-dealkylation sites (tertiary alicyclic amines) is 1. The van der Waals surface area contributed by atoms with Gasteiger partial charge in [0.25, 0.3) is 0 Å². The number of rotatable bonds is 6. The molecule has 2 aromatic rings. The van der Waals surface area contributed by atoms with Gasteiger partial charge in [-0.05, 0) is 26.2 Å². The number of carbonyl (C=O) groups is 1. The van der Waals surface area contributed by atoms with Gasteiger partial charge in [-0.3, -0.25) is 9.69 Å². The van der Waals surface area contributed by atoms with Gasteiger partial charge >= 0.3 is 0 Å². The fourth-order valence-electron chi connectivity index (χ4n) is 4.19. The van der Waals surface area contributed by atoms with Gasteiger partial charge in [-0.15, -0.1) is 0 Å². The first kappa shape index (κ1) is 20.0. The summed E-state index contributed by atoms with van der Waals surface area (Å²) in [4.78, 5) is 23.8. The molecule has 156 valence electrons. The zero-order chi connectivity index (χ0) is 20.1. The number of hydrogen-bond acceptors (Lipinski definition) is 6. The third kappa shape index (κ3) is 5.03. The molecule has 1 aromatic carbocycles. The molecule has 2 fully saturated rings. The van der Waals surface area contributed by atoms with Crippen LogP contribution in [0.1, 0.15) is 44.5 Å². The highest BCUT2D eigenvalue weighted by atomic mass is 16.5. The van der Waals surface area contributed by atoms with Gasteiger partial charge in [0.05, 0.1) is 6.04 Å². The van der Waals surface area contributed by atoms with Crippen molar-refractivity contribution in [2.45, 2.75) is 38.6 Å². The molecule has 2 saturated heterocycles. The van der Waals surface area contributed by atoms with Crippen molar-refractivity contribution in [1.29, 1.82) is 0 Å². The van der Waals surface area contributed by atoms with Crippen molar-refractivity contribution in [3.63, 3.8) is 0 Å². The number of amides is 1. The highest BCUT2D eigenvalue weighted by molar-refractivity contribution is 5.76. The number of piperidine rings is 1. The molecule has 3 heterocycles. The molecular weight excluding hydrogens is 366 g/mol. The third-order valence-electron chi connectivity index (χ3n) is 6.14. The van der Waals surface area contributed by atoms with E-state index in [9.17, 15) is 4.79 Å². The first-order valence-electron chi connectivity index (χ1n) is 10.8. The van der Waals surface area contributed by atoms with Crippen LogP contribution in [-0.4, -0.2) is 76.6 Å². The highest BCUT2D eigenvalue weighted by Gasteiger charge is 2.26. The van der Waals surface area contributed by atoms with E-state index in [1.165, 1.54) is 6.42 Å². The van der Waals surface area contributed by atoms with Crippen molar-refractivity contribution in [3.05, 3.63) is 36.2 Å². The Bertz CT molecular complexity index is 780. The predicted octanol–water partition coefficient (Wildman–Crippen LogP) is 2.82. The van der Waals surface area contributed by atoms with E-state index in [1.54, 1.807) is 0 Å². The van der Waals surface area contributed by atoms with E-state index < -0.39 is 0 Å². The second kappa shape index (κ2) is 9.50.